The molecule has 3 aromatic rings. The van der Waals surface area contributed by atoms with Gasteiger partial charge in [-0.05, 0) is 55.0 Å². The molecule has 1 fully saturated rings. The van der Waals surface area contributed by atoms with E-state index in [4.69, 9.17) is 11.6 Å². The second-order valence-corrected chi connectivity index (χ2v) is 8.24. The van der Waals surface area contributed by atoms with Crippen LogP contribution < -0.4 is 4.90 Å². The number of rotatable bonds is 3. The van der Waals surface area contributed by atoms with E-state index in [1.165, 1.54) is 11.1 Å². The summed E-state index contributed by atoms with van der Waals surface area (Å²) in [6.45, 7) is 5.52. The number of thiophene rings is 1. The van der Waals surface area contributed by atoms with E-state index >= 15 is 0 Å². The predicted molar refractivity (Wildman–Crippen MR) is 110 cm³/mol. The molecule has 27 heavy (non-hydrogen) atoms. The maximum Gasteiger partial charge on any atom is 0.306 e. The topological polar surface area (TPSA) is 66.3 Å². The third-order valence-corrected chi connectivity index (χ3v) is 6.39. The molecular formula is C20H20ClN3O2S. The first-order chi connectivity index (χ1) is 12.9. The van der Waals surface area contributed by atoms with Gasteiger partial charge < -0.3 is 10.0 Å². The molecule has 140 valence electrons. The summed E-state index contributed by atoms with van der Waals surface area (Å²) in [5, 5.41) is 12.6. The molecule has 0 bridgehead atoms. The van der Waals surface area contributed by atoms with Gasteiger partial charge in [0.05, 0.1) is 11.3 Å². The maximum absolute atomic E-state index is 11.3. The minimum absolute atomic E-state index is 0.228. The largest absolute Gasteiger partial charge is 0.481 e. The SMILES string of the molecule is Cc1ccc(-c2csc3nc(Cl)nc(N4CCC(C(=O)O)CC4)c23)cc1C. The minimum Gasteiger partial charge on any atom is -0.481 e. The second-order valence-electron chi connectivity index (χ2n) is 7.04. The Balaban J connectivity index is 1.80. The van der Waals surface area contributed by atoms with Gasteiger partial charge in [0.1, 0.15) is 10.6 Å². The number of fused-ring (bicyclic) bond motifs is 1. The molecule has 0 aliphatic carbocycles. The van der Waals surface area contributed by atoms with Gasteiger partial charge in [0.2, 0.25) is 5.28 Å². The van der Waals surface area contributed by atoms with Crippen molar-refractivity contribution >= 4 is 44.9 Å². The Morgan fingerprint density at radius 2 is 1.96 bits per heavy atom. The number of carbonyl (C=O) groups is 1. The molecule has 5 nitrogen and oxygen atoms in total. The van der Waals surface area contributed by atoms with Crippen LogP contribution in [0.2, 0.25) is 5.28 Å². The zero-order chi connectivity index (χ0) is 19.1. The van der Waals surface area contributed by atoms with E-state index < -0.39 is 5.97 Å². The molecular weight excluding hydrogens is 382 g/mol. The smallest absolute Gasteiger partial charge is 0.306 e. The van der Waals surface area contributed by atoms with Gasteiger partial charge in [-0.1, -0.05) is 18.2 Å². The van der Waals surface area contributed by atoms with Crippen LogP contribution in [-0.2, 0) is 4.79 Å². The summed E-state index contributed by atoms with van der Waals surface area (Å²) in [6, 6.07) is 6.44. The third-order valence-electron chi connectivity index (χ3n) is 5.35. The molecule has 2 aromatic heterocycles. The highest BCUT2D eigenvalue weighted by Gasteiger charge is 2.27. The molecule has 1 saturated heterocycles. The van der Waals surface area contributed by atoms with E-state index in [-0.39, 0.29) is 11.2 Å². The fraction of sp³-hybridized carbons (Fsp3) is 0.350. The van der Waals surface area contributed by atoms with Crippen molar-refractivity contribution < 1.29 is 9.90 Å². The second kappa shape index (κ2) is 7.09. The molecule has 0 amide bonds. The van der Waals surface area contributed by atoms with Crippen molar-refractivity contribution in [1.82, 2.24) is 9.97 Å². The number of aryl methyl sites for hydroxylation is 2. The average molecular weight is 402 g/mol. The van der Waals surface area contributed by atoms with Gasteiger partial charge in [-0.15, -0.1) is 11.3 Å². The highest BCUT2D eigenvalue weighted by atomic mass is 35.5. The number of halogens is 1. The zero-order valence-corrected chi connectivity index (χ0v) is 16.8. The molecule has 1 aliphatic heterocycles. The van der Waals surface area contributed by atoms with Crippen LogP contribution in [0.1, 0.15) is 24.0 Å². The van der Waals surface area contributed by atoms with Crippen molar-refractivity contribution in [3.8, 4) is 11.1 Å². The van der Waals surface area contributed by atoms with Gasteiger partial charge >= 0.3 is 5.97 Å². The summed E-state index contributed by atoms with van der Waals surface area (Å²) in [5.74, 6) is -0.189. The fourth-order valence-corrected chi connectivity index (χ4v) is 4.74. The first-order valence-corrected chi connectivity index (χ1v) is 10.2. The number of anilines is 1. The molecule has 0 spiro atoms. The summed E-state index contributed by atoms with van der Waals surface area (Å²) >= 11 is 7.75. The van der Waals surface area contributed by atoms with Gasteiger partial charge in [-0.2, -0.15) is 4.98 Å². The Hall–Kier alpha value is -2.18. The van der Waals surface area contributed by atoms with Crippen LogP contribution in [0.5, 0.6) is 0 Å². The van der Waals surface area contributed by atoms with Crippen LogP contribution in [0.15, 0.2) is 23.6 Å². The fourth-order valence-electron chi connectivity index (χ4n) is 3.59. The van der Waals surface area contributed by atoms with Crippen LogP contribution in [0, 0.1) is 19.8 Å². The summed E-state index contributed by atoms with van der Waals surface area (Å²) in [4.78, 5) is 23.2. The number of aliphatic carboxylic acids is 1. The molecule has 0 atom stereocenters. The monoisotopic (exact) mass is 401 g/mol. The Kier molecular flexibility index (Phi) is 4.78. The van der Waals surface area contributed by atoms with Crippen molar-refractivity contribution in [2.75, 3.05) is 18.0 Å². The lowest BCUT2D eigenvalue weighted by Gasteiger charge is -2.31. The lowest BCUT2D eigenvalue weighted by atomic mass is 9.96. The standard InChI is InChI=1S/C20H20ClN3O2S/c1-11-3-4-14(9-12(11)2)15-10-27-18-16(15)17(22-20(21)23-18)24-7-5-13(6-8-24)19(25)26/h3-4,9-10,13H,5-8H2,1-2H3,(H,25,26). The number of hydrogen-bond donors (Lipinski definition) is 1. The van der Waals surface area contributed by atoms with E-state index in [1.807, 2.05) is 0 Å². The van der Waals surface area contributed by atoms with Crippen LogP contribution in [0.25, 0.3) is 21.3 Å². The van der Waals surface area contributed by atoms with Crippen LogP contribution in [-0.4, -0.2) is 34.1 Å². The first kappa shape index (κ1) is 18.2. The van der Waals surface area contributed by atoms with Crippen molar-refractivity contribution in [3.05, 3.63) is 40.0 Å². The number of nitrogens with zero attached hydrogens (tertiary/aromatic N) is 3. The number of carboxylic acid groups (broad SMARTS) is 1. The van der Waals surface area contributed by atoms with Crippen molar-refractivity contribution in [2.45, 2.75) is 26.7 Å². The maximum atomic E-state index is 11.3. The highest BCUT2D eigenvalue weighted by Crippen LogP contribution is 2.40. The van der Waals surface area contributed by atoms with Crippen LogP contribution in [0.3, 0.4) is 0 Å². The normalized spacial score (nSPS) is 15.4. The van der Waals surface area contributed by atoms with Crippen LogP contribution >= 0.6 is 22.9 Å². The third kappa shape index (κ3) is 3.39. The van der Waals surface area contributed by atoms with Crippen molar-refractivity contribution in [3.63, 3.8) is 0 Å². The van der Waals surface area contributed by atoms with Gasteiger partial charge in [-0.25, -0.2) is 4.98 Å². The molecule has 3 heterocycles. The van der Waals surface area contributed by atoms with E-state index in [1.54, 1.807) is 11.3 Å². The number of carboxylic acids is 1. The van der Waals surface area contributed by atoms with Crippen LogP contribution in [0.4, 0.5) is 5.82 Å². The lowest BCUT2D eigenvalue weighted by Crippen LogP contribution is -2.37. The quantitative estimate of drug-likeness (QED) is 0.630. The molecule has 7 heteroatoms. The minimum atomic E-state index is -0.716. The van der Waals surface area contributed by atoms with Gasteiger partial charge in [0.25, 0.3) is 0 Å². The predicted octanol–water partition coefficient (Wildman–Crippen LogP) is 4.93. The zero-order valence-electron chi connectivity index (χ0n) is 15.2. The number of benzene rings is 1. The van der Waals surface area contributed by atoms with E-state index in [9.17, 15) is 9.90 Å². The lowest BCUT2D eigenvalue weighted by molar-refractivity contribution is -0.142. The van der Waals surface area contributed by atoms with E-state index in [0.717, 1.165) is 27.2 Å². The summed E-state index contributed by atoms with van der Waals surface area (Å²) in [5.41, 5.74) is 4.74. The van der Waals surface area contributed by atoms with Crippen molar-refractivity contribution in [1.29, 1.82) is 0 Å². The molecule has 0 radical (unpaired) electrons. The Labute approximate surface area is 166 Å². The summed E-state index contributed by atoms with van der Waals surface area (Å²) in [6.07, 6.45) is 1.23. The van der Waals surface area contributed by atoms with Gasteiger partial charge in [0, 0.05) is 24.0 Å². The molecule has 4 rings (SSSR count). The molecule has 1 N–H and O–H groups in total. The van der Waals surface area contributed by atoms with Crippen molar-refractivity contribution in [2.24, 2.45) is 5.92 Å². The number of aromatic nitrogens is 2. The summed E-state index contributed by atoms with van der Waals surface area (Å²) < 4.78 is 0. The molecule has 1 aromatic carbocycles. The number of piperidine rings is 1. The van der Waals surface area contributed by atoms with Gasteiger partial charge in [0.15, 0.2) is 0 Å². The molecule has 0 unspecified atom stereocenters. The van der Waals surface area contributed by atoms with E-state index in [2.05, 4.69) is 52.3 Å². The highest BCUT2D eigenvalue weighted by molar-refractivity contribution is 7.17. The Bertz CT molecular complexity index is 1030. The Morgan fingerprint density at radius 1 is 1.22 bits per heavy atom. The van der Waals surface area contributed by atoms with E-state index in [0.29, 0.717) is 25.9 Å². The molecule has 1 aliphatic rings. The summed E-state index contributed by atoms with van der Waals surface area (Å²) in [7, 11) is 0. The Morgan fingerprint density at radius 3 is 2.63 bits per heavy atom. The molecule has 0 saturated carbocycles. The number of hydrogen-bond acceptors (Lipinski definition) is 5. The average Bonchev–Trinajstić information content (AvgIpc) is 3.07. The van der Waals surface area contributed by atoms with Gasteiger partial charge in [-0.3, -0.25) is 4.79 Å². The first-order valence-electron chi connectivity index (χ1n) is 8.94.